The van der Waals surface area contributed by atoms with Crippen LogP contribution >= 0.6 is 7.26 Å². The average molecular weight is 575 g/mol. The van der Waals surface area contributed by atoms with E-state index in [1.54, 1.807) is 24.3 Å². The Labute approximate surface area is 246 Å². The molecule has 0 atom stereocenters. The van der Waals surface area contributed by atoms with Crippen LogP contribution in [0.4, 0.5) is 5.69 Å². The summed E-state index contributed by atoms with van der Waals surface area (Å²) in [6, 6.07) is 47.0. The van der Waals surface area contributed by atoms with Crippen molar-refractivity contribution in [2.45, 2.75) is 6.92 Å². The van der Waals surface area contributed by atoms with Crippen LogP contribution in [0.3, 0.4) is 0 Å². The van der Waals surface area contributed by atoms with Crippen LogP contribution in [-0.4, -0.2) is 11.8 Å². The molecule has 0 aromatic heterocycles. The van der Waals surface area contributed by atoms with Crippen molar-refractivity contribution in [2.24, 2.45) is 0 Å². The average Bonchev–Trinajstić information content (AvgIpc) is 3.03. The highest BCUT2D eigenvalue weighted by Crippen LogP contribution is 2.62. The number of hydrogen-bond donors (Lipinski definition) is 2. The summed E-state index contributed by atoms with van der Waals surface area (Å²) in [6.45, 7) is 1.99. The van der Waals surface area contributed by atoms with Gasteiger partial charge in [0.15, 0.2) is 7.26 Å². The molecule has 0 aliphatic rings. The van der Waals surface area contributed by atoms with Crippen molar-refractivity contribution >= 4 is 53.3 Å². The Morgan fingerprint density at radius 3 is 1.44 bits per heavy atom. The zero-order chi connectivity index (χ0) is 28.7. The fourth-order valence-corrected chi connectivity index (χ4v) is 10.1. The SMILES string of the molecule is Cc1ccc(NC(=O)C(NC(=O)c2ccccc2)=C([SH2+])[P+](c2ccccc2)(c2ccccc2)c2ccccc2)cc1. The third kappa shape index (κ3) is 6.02. The predicted octanol–water partition coefficient (Wildman–Crippen LogP) is 5.54. The van der Waals surface area contributed by atoms with Crippen molar-refractivity contribution in [3.63, 3.8) is 0 Å². The lowest BCUT2D eigenvalue weighted by Crippen LogP contribution is -2.37. The van der Waals surface area contributed by atoms with Gasteiger partial charge < -0.3 is 10.6 Å². The largest absolute Gasteiger partial charge is 0.320 e. The number of anilines is 1. The molecule has 2 N–H and O–H groups in total. The zero-order valence-electron chi connectivity index (χ0n) is 22.6. The van der Waals surface area contributed by atoms with Crippen LogP contribution in [-0.2, 0) is 17.4 Å². The van der Waals surface area contributed by atoms with Crippen LogP contribution in [0, 0.1) is 6.92 Å². The number of nitrogens with one attached hydrogen (secondary N) is 2. The van der Waals surface area contributed by atoms with E-state index in [1.165, 1.54) is 0 Å². The predicted molar refractivity (Wildman–Crippen MR) is 176 cm³/mol. The smallest absolute Gasteiger partial charge is 0.304 e. The molecule has 5 rings (SSSR count). The van der Waals surface area contributed by atoms with Crippen LogP contribution < -0.4 is 26.5 Å². The summed E-state index contributed by atoms with van der Waals surface area (Å²) < 4.78 is 0.606. The lowest BCUT2D eigenvalue weighted by atomic mass is 10.2. The standard InChI is InChI=1S/C35H29N2O2PS/c1-26-22-24-28(25-23-26)36-34(39)32(37-33(38)27-14-6-2-7-15-27)35(41)40(29-16-8-3-9-17-29,30-18-10-4-11-19-30)31-20-12-5-13-21-31/h2-25H,1H3,(H2-,36,37,38,39,41)/p+2. The van der Waals surface area contributed by atoms with Crippen LogP contribution in [0.15, 0.2) is 156 Å². The molecule has 6 heteroatoms. The lowest BCUT2D eigenvalue weighted by Gasteiger charge is -2.25. The van der Waals surface area contributed by atoms with E-state index in [2.05, 4.69) is 59.7 Å². The van der Waals surface area contributed by atoms with Gasteiger partial charge in [0.1, 0.15) is 15.9 Å². The van der Waals surface area contributed by atoms with Gasteiger partial charge in [0.2, 0.25) is 5.70 Å². The molecule has 0 fully saturated rings. The van der Waals surface area contributed by atoms with Crippen molar-refractivity contribution in [1.82, 2.24) is 5.32 Å². The van der Waals surface area contributed by atoms with Crippen molar-refractivity contribution in [3.05, 3.63) is 167 Å². The Balaban J connectivity index is 1.78. The van der Waals surface area contributed by atoms with E-state index < -0.39 is 13.2 Å². The van der Waals surface area contributed by atoms with Crippen molar-refractivity contribution in [2.75, 3.05) is 5.32 Å². The minimum Gasteiger partial charge on any atom is -0.320 e. The fraction of sp³-hybridized carbons (Fsp3) is 0.0286. The fourth-order valence-electron chi connectivity index (χ4n) is 4.79. The molecule has 0 heterocycles. The van der Waals surface area contributed by atoms with Gasteiger partial charge in [-0.15, -0.1) is 0 Å². The van der Waals surface area contributed by atoms with E-state index in [4.69, 9.17) is 0 Å². The Bertz CT molecular complexity index is 1560. The minimum atomic E-state index is -2.70. The molecule has 0 spiro atoms. The van der Waals surface area contributed by atoms with Gasteiger partial charge in [0, 0.05) is 23.9 Å². The van der Waals surface area contributed by atoms with E-state index in [1.807, 2.05) is 91.9 Å². The molecular formula is C35H31N2O2PS+2. The molecule has 5 aromatic carbocycles. The summed E-state index contributed by atoms with van der Waals surface area (Å²) in [6.07, 6.45) is 0. The lowest BCUT2D eigenvalue weighted by molar-refractivity contribution is -0.113. The third-order valence-corrected chi connectivity index (χ3v) is 12.2. The van der Waals surface area contributed by atoms with E-state index in [0.29, 0.717) is 15.9 Å². The monoisotopic (exact) mass is 574 g/mol. The molecule has 0 saturated heterocycles. The molecule has 0 unspecified atom stereocenters. The highest BCUT2D eigenvalue weighted by Gasteiger charge is 2.55. The highest BCUT2D eigenvalue weighted by molar-refractivity contribution is 8.06. The molecule has 0 bridgehead atoms. The molecule has 0 aliphatic heterocycles. The number of aryl methyl sites for hydroxylation is 1. The number of amides is 2. The third-order valence-electron chi connectivity index (χ3n) is 6.81. The maximum Gasteiger partial charge on any atom is 0.304 e. The van der Waals surface area contributed by atoms with Crippen LogP contribution in [0.5, 0.6) is 0 Å². The first-order valence-electron chi connectivity index (χ1n) is 13.3. The number of carbonyl (C=O) groups excluding carboxylic acids is 2. The van der Waals surface area contributed by atoms with Crippen molar-refractivity contribution in [1.29, 1.82) is 0 Å². The Morgan fingerprint density at radius 1 is 0.585 bits per heavy atom. The number of carbonyl (C=O) groups is 2. The maximum absolute atomic E-state index is 14.1. The second-order valence-corrected chi connectivity index (χ2v) is 13.8. The summed E-state index contributed by atoms with van der Waals surface area (Å²) >= 11 is 4.03. The summed E-state index contributed by atoms with van der Waals surface area (Å²) in [7, 11) is -2.70. The van der Waals surface area contributed by atoms with Gasteiger partial charge in [-0.2, -0.15) is 0 Å². The van der Waals surface area contributed by atoms with Gasteiger partial charge in [-0.1, -0.05) is 90.5 Å². The minimum absolute atomic E-state index is 0.154. The topological polar surface area (TPSA) is 58.2 Å². The summed E-state index contributed by atoms with van der Waals surface area (Å²) in [5.41, 5.74) is 2.32. The first kappa shape index (κ1) is 28.1. The zero-order valence-corrected chi connectivity index (χ0v) is 24.5. The maximum atomic E-state index is 14.1. The van der Waals surface area contributed by atoms with Gasteiger partial charge in [-0.05, 0) is 67.6 Å². The summed E-state index contributed by atoms with van der Waals surface area (Å²) in [5, 5.41) is 9.11. The quantitative estimate of drug-likeness (QED) is 0.145. The van der Waals surface area contributed by atoms with E-state index >= 15 is 0 Å². The van der Waals surface area contributed by atoms with Gasteiger partial charge in [0.05, 0.1) is 0 Å². The summed E-state index contributed by atoms with van der Waals surface area (Å²) in [4.78, 5) is 27.7. The highest BCUT2D eigenvalue weighted by atomic mass is 32.1. The molecule has 0 radical (unpaired) electrons. The number of benzene rings is 5. The summed E-state index contributed by atoms with van der Waals surface area (Å²) in [5.74, 6) is -0.794. The number of hydrogen-bond acceptors (Lipinski definition) is 2. The van der Waals surface area contributed by atoms with Crippen LogP contribution in [0.25, 0.3) is 0 Å². The molecule has 202 valence electrons. The molecule has 2 amide bonds. The molecule has 4 nitrogen and oxygen atoms in total. The Kier molecular flexibility index (Phi) is 8.79. The van der Waals surface area contributed by atoms with E-state index in [-0.39, 0.29) is 11.6 Å². The molecule has 5 aromatic rings. The van der Waals surface area contributed by atoms with E-state index in [9.17, 15) is 9.59 Å². The number of rotatable bonds is 8. The Hall–Kier alpha value is -4.44. The molecule has 41 heavy (non-hydrogen) atoms. The van der Waals surface area contributed by atoms with Crippen molar-refractivity contribution in [3.8, 4) is 0 Å². The van der Waals surface area contributed by atoms with Crippen molar-refractivity contribution < 1.29 is 9.59 Å². The Morgan fingerprint density at radius 2 is 1.00 bits per heavy atom. The molecule has 0 aliphatic carbocycles. The first-order valence-corrected chi connectivity index (χ1v) is 15.6. The normalized spacial score (nSPS) is 11.8. The van der Waals surface area contributed by atoms with Gasteiger partial charge >= 0.3 is 4.65 Å². The van der Waals surface area contributed by atoms with Crippen LogP contribution in [0.2, 0.25) is 0 Å². The van der Waals surface area contributed by atoms with E-state index in [0.717, 1.165) is 21.5 Å². The van der Waals surface area contributed by atoms with Gasteiger partial charge in [0.25, 0.3) is 11.8 Å². The first-order chi connectivity index (χ1) is 20.0. The molecular weight excluding hydrogens is 543 g/mol. The van der Waals surface area contributed by atoms with Crippen LogP contribution in [0.1, 0.15) is 15.9 Å². The van der Waals surface area contributed by atoms with Gasteiger partial charge in [-0.25, -0.2) is 0 Å². The van der Waals surface area contributed by atoms with Gasteiger partial charge in [-0.3, -0.25) is 9.59 Å². The second-order valence-electron chi connectivity index (χ2n) is 9.54. The molecule has 0 saturated carbocycles. The second kappa shape index (κ2) is 12.8.